The molecule has 1 amide bonds. The van der Waals surface area contributed by atoms with Crippen molar-refractivity contribution in [2.75, 3.05) is 39.9 Å². The monoisotopic (exact) mass is 378 g/mol. The van der Waals surface area contributed by atoms with Gasteiger partial charge in [0.25, 0.3) is 5.91 Å². The Morgan fingerprint density at radius 1 is 1.00 bits per heavy atom. The molecular formula is C23H26N2O3. The molecule has 0 N–H and O–H groups in total. The largest absolute Gasteiger partial charge is 0.486 e. The minimum absolute atomic E-state index is 0.0950. The van der Waals surface area contributed by atoms with Crippen molar-refractivity contribution in [3.63, 3.8) is 0 Å². The quantitative estimate of drug-likeness (QED) is 0.805. The predicted molar refractivity (Wildman–Crippen MR) is 107 cm³/mol. The lowest BCUT2D eigenvalue weighted by atomic mass is 9.88. The van der Waals surface area contributed by atoms with E-state index in [2.05, 4.69) is 43.1 Å². The van der Waals surface area contributed by atoms with Crippen LogP contribution < -0.4 is 9.47 Å². The van der Waals surface area contributed by atoms with Crippen LogP contribution in [0.1, 0.15) is 27.5 Å². The van der Waals surface area contributed by atoms with Crippen LogP contribution in [0.15, 0.2) is 42.5 Å². The summed E-state index contributed by atoms with van der Waals surface area (Å²) < 4.78 is 11.2. The molecule has 28 heavy (non-hydrogen) atoms. The van der Waals surface area contributed by atoms with Gasteiger partial charge in [0.2, 0.25) is 0 Å². The van der Waals surface area contributed by atoms with Crippen LogP contribution in [0.25, 0.3) is 0 Å². The summed E-state index contributed by atoms with van der Waals surface area (Å²) in [4.78, 5) is 17.7. The molecule has 0 saturated carbocycles. The van der Waals surface area contributed by atoms with E-state index in [1.165, 1.54) is 11.1 Å². The van der Waals surface area contributed by atoms with Gasteiger partial charge in [-0.25, -0.2) is 0 Å². The van der Waals surface area contributed by atoms with Crippen molar-refractivity contribution in [3.05, 3.63) is 59.2 Å². The number of aryl methyl sites for hydroxylation is 1. The van der Waals surface area contributed by atoms with E-state index in [0.717, 1.165) is 25.4 Å². The zero-order valence-corrected chi connectivity index (χ0v) is 16.4. The highest BCUT2D eigenvalue weighted by atomic mass is 16.6. The Bertz CT molecular complexity index is 912. The fourth-order valence-corrected chi connectivity index (χ4v) is 5.17. The molecule has 0 radical (unpaired) electrons. The molecule has 0 aliphatic carbocycles. The molecule has 5 rings (SSSR count). The van der Waals surface area contributed by atoms with Crippen molar-refractivity contribution in [2.24, 2.45) is 11.8 Å². The van der Waals surface area contributed by atoms with Crippen molar-refractivity contribution < 1.29 is 14.3 Å². The number of carbonyl (C=O) groups is 1. The topological polar surface area (TPSA) is 42.0 Å². The molecular weight excluding hydrogens is 352 g/mol. The van der Waals surface area contributed by atoms with E-state index >= 15 is 0 Å². The summed E-state index contributed by atoms with van der Waals surface area (Å²) in [6.07, 6.45) is 0. The van der Waals surface area contributed by atoms with Crippen molar-refractivity contribution in [1.29, 1.82) is 0 Å². The lowest BCUT2D eigenvalue weighted by Gasteiger charge is -2.28. The van der Waals surface area contributed by atoms with Crippen molar-refractivity contribution >= 4 is 5.91 Å². The Morgan fingerprint density at radius 3 is 2.61 bits per heavy atom. The van der Waals surface area contributed by atoms with Crippen LogP contribution in [0.4, 0.5) is 0 Å². The standard InChI is InChI=1S/C23H26N2O3/c1-15-5-3-4-6-18(15)22-19-14-25(13-17(19)12-24(22)2)23(26)16-7-8-20-21(11-16)28-10-9-27-20/h3-8,11,17,19,22H,9-10,12-14H2,1-2H3/t17-,19+,22+/m0/s1. The summed E-state index contributed by atoms with van der Waals surface area (Å²) in [6.45, 7) is 5.94. The van der Waals surface area contributed by atoms with Gasteiger partial charge in [0, 0.05) is 37.2 Å². The molecule has 3 aliphatic heterocycles. The number of likely N-dealkylation sites (tertiary alicyclic amines) is 2. The van der Waals surface area contributed by atoms with Gasteiger partial charge in [0.05, 0.1) is 0 Å². The maximum Gasteiger partial charge on any atom is 0.254 e. The van der Waals surface area contributed by atoms with Crippen LogP contribution >= 0.6 is 0 Å². The second-order valence-corrected chi connectivity index (χ2v) is 8.23. The Morgan fingerprint density at radius 2 is 1.79 bits per heavy atom. The summed E-state index contributed by atoms with van der Waals surface area (Å²) in [5.41, 5.74) is 3.41. The third kappa shape index (κ3) is 2.85. The van der Waals surface area contributed by atoms with Gasteiger partial charge >= 0.3 is 0 Å². The molecule has 3 heterocycles. The molecule has 0 spiro atoms. The summed E-state index contributed by atoms with van der Waals surface area (Å²) in [5.74, 6) is 2.50. The summed E-state index contributed by atoms with van der Waals surface area (Å²) in [6, 6.07) is 14.6. The molecule has 0 aromatic heterocycles. The number of ether oxygens (including phenoxy) is 2. The maximum atomic E-state index is 13.2. The van der Waals surface area contributed by atoms with Gasteiger partial charge in [-0.1, -0.05) is 24.3 Å². The van der Waals surface area contributed by atoms with E-state index in [9.17, 15) is 4.79 Å². The van der Waals surface area contributed by atoms with Crippen molar-refractivity contribution in [3.8, 4) is 11.5 Å². The summed E-state index contributed by atoms with van der Waals surface area (Å²) in [7, 11) is 2.21. The average molecular weight is 378 g/mol. The number of hydrogen-bond donors (Lipinski definition) is 0. The molecule has 0 unspecified atom stereocenters. The molecule has 3 atom stereocenters. The highest BCUT2D eigenvalue weighted by Crippen LogP contribution is 2.45. The molecule has 2 saturated heterocycles. The van der Waals surface area contributed by atoms with Crippen LogP contribution in [0.2, 0.25) is 0 Å². The van der Waals surface area contributed by atoms with Gasteiger partial charge in [-0.15, -0.1) is 0 Å². The van der Waals surface area contributed by atoms with Crippen LogP contribution in [0, 0.1) is 18.8 Å². The van der Waals surface area contributed by atoms with Gasteiger partial charge in [-0.05, 0) is 49.2 Å². The number of carbonyl (C=O) groups excluding carboxylic acids is 1. The number of nitrogens with zero attached hydrogens (tertiary/aromatic N) is 2. The zero-order valence-electron chi connectivity index (χ0n) is 16.4. The van der Waals surface area contributed by atoms with Crippen LogP contribution in [0.3, 0.4) is 0 Å². The number of fused-ring (bicyclic) bond motifs is 2. The van der Waals surface area contributed by atoms with Crippen LogP contribution in [0.5, 0.6) is 11.5 Å². The fourth-order valence-electron chi connectivity index (χ4n) is 5.17. The molecule has 2 aromatic carbocycles. The Hall–Kier alpha value is -2.53. The maximum absolute atomic E-state index is 13.2. The minimum atomic E-state index is 0.0950. The first-order valence-corrected chi connectivity index (χ1v) is 10.1. The average Bonchev–Trinajstić information content (AvgIpc) is 3.24. The molecule has 2 aromatic rings. The fraction of sp³-hybridized carbons (Fsp3) is 0.435. The number of benzene rings is 2. The normalized spacial score (nSPS) is 26.4. The second kappa shape index (κ2) is 6.82. The predicted octanol–water partition coefficient (Wildman–Crippen LogP) is 3.14. The van der Waals surface area contributed by atoms with Gasteiger partial charge in [-0.3, -0.25) is 9.69 Å². The molecule has 5 nitrogen and oxygen atoms in total. The lowest BCUT2D eigenvalue weighted by Crippen LogP contribution is -2.33. The Labute approximate surface area is 165 Å². The molecule has 5 heteroatoms. The van der Waals surface area contributed by atoms with E-state index in [1.54, 1.807) is 0 Å². The first-order valence-electron chi connectivity index (χ1n) is 10.1. The molecule has 2 fully saturated rings. The van der Waals surface area contributed by atoms with Crippen molar-refractivity contribution in [2.45, 2.75) is 13.0 Å². The summed E-state index contributed by atoms with van der Waals surface area (Å²) >= 11 is 0. The molecule has 146 valence electrons. The third-order valence-corrected chi connectivity index (χ3v) is 6.48. The highest BCUT2D eigenvalue weighted by molar-refractivity contribution is 5.95. The minimum Gasteiger partial charge on any atom is -0.486 e. The van der Waals surface area contributed by atoms with Gasteiger partial charge < -0.3 is 14.4 Å². The molecule has 0 bridgehead atoms. The number of amides is 1. The zero-order chi connectivity index (χ0) is 19.3. The Kier molecular flexibility index (Phi) is 4.27. The number of hydrogen-bond acceptors (Lipinski definition) is 4. The van der Waals surface area contributed by atoms with E-state index in [0.29, 0.717) is 42.4 Å². The van der Waals surface area contributed by atoms with Crippen LogP contribution in [-0.4, -0.2) is 55.6 Å². The first-order chi connectivity index (χ1) is 13.6. The van der Waals surface area contributed by atoms with Crippen molar-refractivity contribution in [1.82, 2.24) is 9.80 Å². The van der Waals surface area contributed by atoms with Gasteiger partial charge in [-0.2, -0.15) is 0 Å². The number of rotatable bonds is 2. The molecule has 3 aliphatic rings. The van der Waals surface area contributed by atoms with E-state index in [4.69, 9.17) is 9.47 Å². The van der Waals surface area contributed by atoms with Crippen LogP contribution in [-0.2, 0) is 0 Å². The van der Waals surface area contributed by atoms with Gasteiger partial charge in [0.1, 0.15) is 13.2 Å². The summed E-state index contributed by atoms with van der Waals surface area (Å²) in [5, 5.41) is 0. The van der Waals surface area contributed by atoms with E-state index in [-0.39, 0.29) is 5.91 Å². The third-order valence-electron chi connectivity index (χ3n) is 6.48. The Balaban J connectivity index is 1.37. The highest BCUT2D eigenvalue weighted by Gasteiger charge is 2.47. The SMILES string of the molecule is Cc1ccccc1[C@@H]1[C@@H]2CN(C(=O)c3ccc4c(c3)OCCO4)C[C@@H]2CN1C. The van der Waals surface area contributed by atoms with E-state index in [1.807, 2.05) is 23.1 Å². The van der Waals surface area contributed by atoms with Gasteiger partial charge in [0.15, 0.2) is 11.5 Å². The first kappa shape index (κ1) is 17.6. The second-order valence-electron chi connectivity index (χ2n) is 8.23. The van der Waals surface area contributed by atoms with E-state index < -0.39 is 0 Å². The smallest absolute Gasteiger partial charge is 0.254 e. The lowest BCUT2D eigenvalue weighted by molar-refractivity contribution is 0.0766.